The van der Waals surface area contributed by atoms with Gasteiger partial charge in [-0.25, -0.2) is 4.39 Å². The number of piperazine rings is 1. The lowest BCUT2D eigenvalue weighted by Crippen LogP contribution is -2.48. The summed E-state index contributed by atoms with van der Waals surface area (Å²) in [6.45, 7) is 6.43. The van der Waals surface area contributed by atoms with Crippen LogP contribution in [0.1, 0.15) is 17.5 Å². The molecule has 0 unspecified atom stereocenters. The van der Waals surface area contributed by atoms with Crippen molar-refractivity contribution in [2.75, 3.05) is 26.2 Å². The number of hydrogen-bond donors (Lipinski definition) is 0. The molecule has 1 fully saturated rings. The van der Waals surface area contributed by atoms with Crippen molar-refractivity contribution in [3.05, 3.63) is 65.6 Å². The van der Waals surface area contributed by atoms with E-state index in [1.54, 1.807) is 12.1 Å². The number of benzene rings is 2. The lowest BCUT2D eigenvalue weighted by Gasteiger charge is -2.34. The Balaban J connectivity index is 1.28. The van der Waals surface area contributed by atoms with Crippen LogP contribution in [0, 0.1) is 12.7 Å². The molecule has 28 heavy (non-hydrogen) atoms. The zero-order valence-electron chi connectivity index (χ0n) is 16.1. The standard InChI is InChI=1S/C22H25FN4O/c1-17-5-6-19-15-24-27(21(19)13-17)8-7-22(28)26-11-9-25(10-12-26)16-18-3-2-4-20(23)14-18/h2-6,13-15H,7-12,16H2,1H3. The van der Waals surface area contributed by atoms with Crippen molar-refractivity contribution in [3.8, 4) is 0 Å². The summed E-state index contributed by atoms with van der Waals surface area (Å²) in [5.74, 6) is -0.0330. The van der Waals surface area contributed by atoms with E-state index in [2.05, 4.69) is 35.1 Å². The summed E-state index contributed by atoms with van der Waals surface area (Å²) in [7, 11) is 0. The van der Waals surface area contributed by atoms with Gasteiger partial charge in [-0.1, -0.05) is 24.3 Å². The van der Waals surface area contributed by atoms with E-state index in [0.29, 0.717) is 26.1 Å². The normalized spacial score (nSPS) is 15.3. The molecule has 0 radical (unpaired) electrons. The molecule has 1 aliphatic rings. The fourth-order valence-corrected chi connectivity index (χ4v) is 3.77. The van der Waals surface area contributed by atoms with Crippen LogP contribution in [0.15, 0.2) is 48.7 Å². The van der Waals surface area contributed by atoms with Crippen LogP contribution in [0.4, 0.5) is 4.39 Å². The molecule has 3 aromatic rings. The third kappa shape index (κ3) is 4.22. The maximum Gasteiger partial charge on any atom is 0.224 e. The van der Waals surface area contributed by atoms with Crippen LogP contribution in [-0.4, -0.2) is 51.7 Å². The maximum absolute atomic E-state index is 13.3. The van der Waals surface area contributed by atoms with E-state index in [9.17, 15) is 9.18 Å². The van der Waals surface area contributed by atoms with Gasteiger partial charge >= 0.3 is 0 Å². The van der Waals surface area contributed by atoms with Gasteiger partial charge in [-0.15, -0.1) is 0 Å². The van der Waals surface area contributed by atoms with Gasteiger partial charge in [0.1, 0.15) is 5.82 Å². The number of fused-ring (bicyclic) bond motifs is 1. The second kappa shape index (κ2) is 8.10. The van der Waals surface area contributed by atoms with E-state index in [0.717, 1.165) is 36.1 Å². The Labute approximate surface area is 164 Å². The highest BCUT2D eigenvalue weighted by Gasteiger charge is 2.21. The van der Waals surface area contributed by atoms with E-state index in [1.807, 2.05) is 21.8 Å². The molecule has 6 heteroatoms. The summed E-state index contributed by atoms with van der Waals surface area (Å²) in [4.78, 5) is 16.8. The highest BCUT2D eigenvalue weighted by atomic mass is 19.1. The number of carbonyl (C=O) groups is 1. The second-order valence-corrected chi connectivity index (χ2v) is 7.47. The Kier molecular flexibility index (Phi) is 5.39. The number of rotatable bonds is 5. The summed E-state index contributed by atoms with van der Waals surface area (Å²) >= 11 is 0. The summed E-state index contributed by atoms with van der Waals surface area (Å²) in [6.07, 6.45) is 2.30. The first-order valence-corrected chi connectivity index (χ1v) is 9.75. The lowest BCUT2D eigenvalue weighted by molar-refractivity contribution is -0.133. The number of hydrogen-bond acceptors (Lipinski definition) is 3. The van der Waals surface area contributed by atoms with Gasteiger partial charge in [0.15, 0.2) is 0 Å². The average Bonchev–Trinajstić information content (AvgIpc) is 3.09. The quantitative estimate of drug-likeness (QED) is 0.683. The largest absolute Gasteiger partial charge is 0.340 e. The molecular formula is C22H25FN4O. The Morgan fingerprint density at radius 2 is 1.93 bits per heavy atom. The second-order valence-electron chi connectivity index (χ2n) is 7.47. The predicted molar refractivity (Wildman–Crippen MR) is 107 cm³/mol. The molecule has 1 aromatic heterocycles. The Morgan fingerprint density at radius 1 is 1.11 bits per heavy atom. The number of aromatic nitrogens is 2. The number of nitrogens with zero attached hydrogens (tertiary/aromatic N) is 4. The van der Waals surface area contributed by atoms with Crippen LogP contribution >= 0.6 is 0 Å². The lowest BCUT2D eigenvalue weighted by atomic mass is 10.2. The SMILES string of the molecule is Cc1ccc2cnn(CCC(=O)N3CCN(Cc4cccc(F)c4)CC3)c2c1. The number of halogens is 1. The predicted octanol–water partition coefficient (Wildman–Crippen LogP) is 3.22. The van der Waals surface area contributed by atoms with Gasteiger partial charge in [0.05, 0.1) is 18.3 Å². The molecule has 2 aromatic carbocycles. The molecule has 146 valence electrons. The topological polar surface area (TPSA) is 41.4 Å². The van der Waals surface area contributed by atoms with Crippen molar-refractivity contribution in [1.29, 1.82) is 0 Å². The third-order valence-corrected chi connectivity index (χ3v) is 5.36. The smallest absolute Gasteiger partial charge is 0.224 e. The first kappa shape index (κ1) is 18.6. The Hall–Kier alpha value is -2.73. The number of amides is 1. The molecule has 5 nitrogen and oxygen atoms in total. The molecule has 0 spiro atoms. The van der Waals surface area contributed by atoms with E-state index in [-0.39, 0.29) is 11.7 Å². The molecule has 1 amide bonds. The van der Waals surface area contributed by atoms with Gasteiger partial charge in [0, 0.05) is 44.5 Å². The van der Waals surface area contributed by atoms with E-state index >= 15 is 0 Å². The molecule has 0 bridgehead atoms. The summed E-state index contributed by atoms with van der Waals surface area (Å²) in [6, 6.07) is 13.0. The van der Waals surface area contributed by atoms with Crippen molar-refractivity contribution in [1.82, 2.24) is 19.6 Å². The molecule has 1 aliphatic heterocycles. The zero-order valence-corrected chi connectivity index (χ0v) is 16.1. The minimum atomic E-state index is -0.201. The monoisotopic (exact) mass is 380 g/mol. The molecule has 4 rings (SSSR count). The first-order chi connectivity index (χ1) is 13.6. The van der Waals surface area contributed by atoms with E-state index in [4.69, 9.17) is 0 Å². The van der Waals surface area contributed by atoms with Gasteiger partial charge in [-0.05, 0) is 36.2 Å². The summed E-state index contributed by atoms with van der Waals surface area (Å²) < 4.78 is 15.2. The van der Waals surface area contributed by atoms with Gasteiger partial charge in [0.25, 0.3) is 0 Å². The van der Waals surface area contributed by atoms with Crippen molar-refractivity contribution < 1.29 is 9.18 Å². The molecule has 2 heterocycles. The summed E-state index contributed by atoms with van der Waals surface area (Å²) in [5, 5.41) is 5.53. The van der Waals surface area contributed by atoms with Gasteiger partial charge < -0.3 is 4.90 Å². The van der Waals surface area contributed by atoms with E-state index < -0.39 is 0 Å². The van der Waals surface area contributed by atoms with Crippen molar-refractivity contribution >= 4 is 16.8 Å². The van der Waals surface area contributed by atoms with Gasteiger partial charge in [0.2, 0.25) is 5.91 Å². The Morgan fingerprint density at radius 3 is 2.71 bits per heavy atom. The van der Waals surface area contributed by atoms with Crippen LogP contribution < -0.4 is 0 Å². The van der Waals surface area contributed by atoms with Crippen LogP contribution in [0.25, 0.3) is 10.9 Å². The summed E-state index contributed by atoms with van der Waals surface area (Å²) in [5.41, 5.74) is 3.24. The van der Waals surface area contributed by atoms with Crippen LogP contribution in [-0.2, 0) is 17.9 Å². The fraction of sp³-hybridized carbons (Fsp3) is 0.364. The molecule has 1 saturated heterocycles. The van der Waals surface area contributed by atoms with Crippen LogP contribution in [0.2, 0.25) is 0 Å². The highest BCUT2D eigenvalue weighted by Crippen LogP contribution is 2.16. The minimum Gasteiger partial charge on any atom is -0.340 e. The Bertz CT molecular complexity index is 976. The third-order valence-electron chi connectivity index (χ3n) is 5.36. The molecule has 0 atom stereocenters. The van der Waals surface area contributed by atoms with Crippen molar-refractivity contribution in [2.45, 2.75) is 26.4 Å². The van der Waals surface area contributed by atoms with Gasteiger partial charge in [-0.2, -0.15) is 5.10 Å². The number of aryl methyl sites for hydroxylation is 2. The highest BCUT2D eigenvalue weighted by molar-refractivity contribution is 5.80. The fourth-order valence-electron chi connectivity index (χ4n) is 3.77. The first-order valence-electron chi connectivity index (χ1n) is 9.75. The molecule has 0 saturated carbocycles. The van der Waals surface area contributed by atoms with Crippen molar-refractivity contribution in [3.63, 3.8) is 0 Å². The molecule has 0 N–H and O–H groups in total. The number of carbonyl (C=O) groups excluding carboxylic acids is 1. The average molecular weight is 380 g/mol. The maximum atomic E-state index is 13.3. The zero-order chi connectivity index (χ0) is 19.5. The van der Waals surface area contributed by atoms with Crippen molar-refractivity contribution in [2.24, 2.45) is 0 Å². The van der Waals surface area contributed by atoms with Crippen LogP contribution in [0.5, 0.6) is 0 Å². The van der Waals surface area contributed by atoms with Crippen LogP contribution in [0.3, 0.4) is 0 Å². The molecule has 0 aliphatic carbocycles. The minimum absolute atomic E-state index is 0.168. The van der Waals surface area contributed by atoms with E-state index in [1.165, 1.54) is 11.6 Å². The van der Waals surface area contributed by atoms with Gasteiger partial charge in [-0.3, -0.25) is 14.4 Å². The molecular weight excluding hydrogens is 355 g/mol.